The summed E-state index contributed by atoms with van der Waals surface area (Å²) in [7, 11) is 0. The van der Waals surface area contributed by atoms with E-state index in [9.17, 15) is 10.1 Å². The van der Waals surface area contributed by atoms with Crippen molar-refractivity contribution >= 4 is 5.69 Å². The van der Waals surface area contributed by atoms with E-state index < -0.39 is 4.92 Å². The molecular formula is C10H10N4O3. The molecule has 2 N–H and O–H groups in total. The topological polar surface area (TPSA) is 108 Å². The SMILES string of the molecule is Cc1cc(-c2nc(CN)no2)cc([N+](=O)[O-])c1. The van der Waals surface area contributed by atoms with Gasteiger partial charge in [0.15, 0.2) is 5.82 Å². The predicted molar refractivity (Wildman–Crippen MR) is 59.0 cm³/mol. The van der Waals surface area contributed by atoms with E-state index in [1.165, 1.54) is 12.1 Å². The van der Waals surface area contributed by atoms with E-state index in [1.54, 1.807) is 13.0 Å². The second kappa shape index (κ2) is 4.30. The van der Waals surface area contributed by atoms with Gasteiger partial charge in [-0.15, -0.1) is 0 Å². The first kappa shape index (κ1) is 11.2. The number of nitro benzene ring substituents is 1. The summed E-state index contributed by atoms with van der Waals surface area (Å²) in [6.45, 7) is 1.92. The molecule has 17 heavy (non-hydrogen) atoms. The maximum Gasteiger partial charge on any atom is 0.270 e. The van der Waals surface area contributed by atoms with Crippen molar-refractivity contribution in [1.82, 2.24) is 10.1 Å². The molecule has 7 nitrogen and oxygen atoms in total. The van der Waals surface area contributed by atoms with E-state index >= 15 is 0 Å². The fourth-order valence-electron chi connectivity index (χ4n) is 1.45. The van der Waals surface area contributed by atoms with E-state index in [1.807, 2.05) is 0 Å². The van der Waals surface area contributed by atoms with Crippen LogP contribution < -0.4 is 5.73 Å². The van der Waals surface area contributed by atoms with E-state index in [4.69, 9.17) is 10.3 Å². The van der Waals surface area contributed by atoms with Crippen LogP contribution in [0.2, 0.25) is 0 Å². The summed E-state index contributed by atoms with van der Waals surface area (Å²) in [5, 5.41) is 14.4. The van der Waals surface area contributed by atoms with Gasteiger partial charge in [0.1, 0.15) is 0 Å². The Kier molecular flexibility index (Phi) is 2.84. The highest BCUT2D eigenvalue weighted by atomic mass is 16.6. The van der Waals surface area contributed by atoms with Crippen molar-refractivity contribution in [2.24, 2.45) is 5.73 Å². The van der Waals surface area contributed by atoms with Crippen molar-refractivity contribution in [3.05, 3.63) is 39.7 Å². The van der Waals surface area contributed by atoms with Crippen molar-refractivity contribution in [3.8, 4) is 11.5 Å². The minimum atomic E-state index is -0.462. The Labute approximate surface area is 96.4 Å². The van der Waals surface area contributed by atoms with Crippen molar-refractivity contribution in [2.45, 2.75) is 13.5 Å². The molecule has 1 aromatic heterocycles. The lowest BCUT2D eigenvalue weighted by molar-refractivity contribution is -0.384. The van der Waals surface area contributed by atoms with Gasteiger partial charge in [-0.1, -0.05) is 5.16 Å². The first-order valence-corrected chi connectivity index (χ1v) is 4.89. The maximum absolute atomic E-state index is 10.7. The lowest BCUT2D eigenvalue weighted by Crippen LogP contribution is -1.97. The smallest absolute Gasteiger partial charge is 0.270 e. The van der Waals surface area contributed by atoms with Crippen LogP contribution in [0.1, 0.15) is 11.4 Å². The van der Waals surface area contributed by atoms with Crippen molar-refractivity contribution in [2.75, 3.05) is 0 Å². The predicted octanol–water partition coefficient (Wildman–Crippen LogP) is 1.41. The lowest BCUT2D eigenvalue weighted by Gasteiger charge is -1.97. The summed E-state index contributed by atoms with van der Waals surface area (Å²) in [4.78, 5) is 14.3. The minimum Gasteiger partial charge on any atom is -0.334 e. The fourth-order valence-corrected chi connectivity index (χ4v) is 1.45. The Balaban J connectivity index is 2.47. The summed E-state index contributed by atoms with van der Waals surface area (Å²) in [5.41, 5.74) is 6.62. The molecule has 1 aromatic carbocycles. The molecule has 0 radical (unpaired) electrons. The van der Waals surface area contributed by atoms with Crippen LogP contribution in [0.5, 0.6) is 0 Å². The highest BCUT2D eigenvalue weighted by Crippen LogP contribution is 2.24. The Morgan fingerprint density at radius 3 is 2.82 bits per heavy atom. The molecule has 0 aliphatic rings. The van der Waals surface area contributed by atoms with Crippen LogP contribution in [0.3, 0.4) is 0 Å². The third-order valence-electron chi connectivity index (χ3n) is 2.17. The first-order valence-electron chi connectivity index (χ1n) is 4.89. The third kappa shape index (κ3) is 2.28. The summed E-state index contributed by atoms with van der Waals surface area (Å²) in [6.07, 6.45) is 0. The minimum absolute atomic E-state index is 0.00695. The van der Waals surface area contributed by atoms with E-state index in [-0.39, 0.29) is 18.1 Å². The number of hydrogen-bond donors (Lipinski definition) is 1. The highest BCUT2D eigenvalue weighted by Gasteiger charge is 2.13. The van der Waals surface area contributed by atoms with Crippen molar-refractivity contribution in [1.29, 1.82) is 0 Å². The van der Waals surface area contributed by atoms with Gasteiger partial charge in [-0.05, 0) is 18.6 Å². The third-order valence-corrected chi connectivity index (χ3v) is 2.17. The highest BCUT2D eigenvalue weighted by molar-refractivity contribution is 5.59. The van der Waals surface area contributed by atoms with E-state index in [2.05, 4.69) is 10.1 Å². The molecule has 88 valence electrons. The molecular weight excluding hydrogens is 224 g/mol. The number of rotatable bonds is 3. The van der Waals surface area contributed by atoms with Gasteiger partial charge in [-0.2, -0.15) is 4.98 Å². The molecule has 0 saturated carbocycles. The molecule has 2 rings (SSSR count). The fraction of sp³-hybridized carbons (Fsp3) is 0.200. The standard InChI is InChI=1S/C10H10N4O3/c1-6-2-7(4-8(3-6)14(15)16)10-12-9(5-11)13-17-10/h2-4H,5,11H2,1H3. The normalized spacial score (nSPS) is 10.5. The van der Waals surface area contributed by atoms with Gasteiger partial charge in [0, 0.05) is 17.7 Å². The van der Waals surface area contributed by atoms with Gasteiger partial charge in [0.05, 0.1) is 11.5 Å². The van der Waals surface area contributed by atoms with Gasteiger partial charge in [0.25, 0.3) is 11.6 Å². The monoisotopic (exact) mass is 234 g/mol. The molecule has 0 atom stereocenters. The zero-order valence-corrected chi connectivity index (χ0v) is 9.08. The zero-order valence-electron chi connectivity index (χ0n) is 9.08. The van der Waals surface area contributed by atoms with E-state index in [0.29, 0.717) is 11.4 Å². The summed E-state index contributed by atoms with van der Waals surface area (Å²) in [6, 6.07) is 4.60. The Morgan fingerprint density at radius 2 is 2.24 bits per heavy atom. The van der Waals surface area contributed by atoms with Crippen molar-refractivity contribution in [3.63, 3.8) is 0 Å². The van der Waals surface area contributed by atoms with Crippen molar-refractivity contribution < 1.29 is 9.45 Å². The first-order chi connectivity index (χ1) is 8.10. The van der Waals surface area contributed by atoms with Crippen LogP contribution in [0.25, 0.3) is 11.5 Å². The number of aromatic nitrogens is 2. The molecule has 0 aliphatic heterocycles. The molecule has 7 heteroatoms. The average molecular weight is 234 g/mol. The molecule has 2 aromatic rings. The average Bonchev–Trinajstić information content (AvgIpc) is 2.76. The summed E-state index contributed by atoms with van der Waals surface area (Å²) < 4.78 is 4.97. The molecule has 1 heterocycles. The molecule has 0 amide bonds. The second-order valence-corrected chi connectivity index (χ2v) is 3.53. The van der Waals surface area contributed by atoms with Gasteiger partial charge >= 0.3 is 0 Å². The number of non-ortho nitro benzene ring substituents is 1. The molecule has 0 bridgehead atoms. The van der Waals surface area contributed by atoms with Crippen LogP contribution in [0, 0.1) is 17.0 Å². The largest absolute Gasteiger partial charge is 0.334 e. The lowest BCUT2D eigenvalue weighted by atomic mass is 10.1. The van der Waals surface area contributed by atoms with Crippen LogP contribution >= 0.6 is 0 Å². The number of aryl methyl sites for hydroxylation is 1. The molecule has 0 unspecified atom stereocenters. The molecule has 0 aliphatic carbocycles. The number of hydrogen-bond acceptors (Lipinski definition) is 6. The Morgan fingerprint density at radius 1 is 1.47 bits per heavy atom. The summed E-state index contributed by atoms with van der Waals surface area (Å²) >= 11 is 0. The Hall–Kier alpha value is -2.28. The number of nitro groups is 1. The zero-order chi connectivity index (χ0) is 12.4. The number of nitrogens with two attached hydrogens (primary N) is 1. The van der Waals surface area contributed by atoms with Gasteiger partial charge < -0.3 is 10.3 Å². The number of benzene rings is 1. The van der Waals surface area contributed by atoms with Crippen LogP contribution in [-0.4, -0.2) is 15.1 Å². The van der Waals surface area contributed by atoms with Gasteiger partial charge in [-0.25, -0.2) is 0 Å². The summed E-state index contributed by atoms with van der Waals surface area (Å²) in [5.74, 6) is 0.599. The van der Waals surface area contributed by atoms with Crippen LogP contribution in [0.15, 0.2) is 22.7 Å². The van der Waals surface area contributed by atoms with Crippen LogP contribution in [-0.2, 0) is 6.54 Å². The molecule has 0 fully saturated rings. The van der Waals surface area contributed by atoms with Gasteiger partial charge in [-0.3, -0.25) is 10.1 Å². The quantitative estimate of drug-likeness (QED) is 0.635. The number of nitrogens with zero attached hydrogens (tertiary/aromatic N) is 3. The van der Waals surface area contributed by atoms with Crippen LogP contribution in [0.4, 0.5) is 5.69 Å². The maximum atomic E-state index is 10.7. The molecule has 0 saturated heterocycles. The second-order valence-electron chi connectivity index (χ2n) is 3.53. The van der Waals surface area contributed by atoms with E-state index in [0.717, 1.165) is 5.56 Å². The Bertz CT molecular complexity index is 564. The molecule has 0 spiro atoms. The van der Waals surface area contributed by atoms with Gasteiger partial charge in [0.2, 0.25) is 0 Å².